The zero-order chi connectivity index (χ0) is 17.1. The first-order valence-electron chi connectivity index (χ1n) is 7.91. The number of amides is 1. The first-order valence-corrected chi connectivity index (χ1v) is 8.73. The number of carbonyl (C=O) groups excluding carboxylic acids is 1. The molecule has 2 aromatic rings. The number of hydrogen-bond acceptors (Lipinski definition) is 5. The van der Waals surface area contributed by atoms with E-state index in [0.717, 1.165) is 22.9 Å². The van der Waals surface area contributed by atoms with E-state index in [-0.39, 0.29) is 11.9 Å². The topological polar surface area (TPSA) is 72.7 Å². The highest BCUT2D eigenvalue weighted by Crippen LogP contribution is 2.26. The molecule has 0 saturated carbocycles. The van der Waals surface area contributed by atoms with Gasteiger partial charge in [0.25, 0.3) is 5.91 Å². The Morgan fingerprint density at radius 2 is 2.04 bits per heavy atom. The molecule has 2 rings (SSSR count). The molecule has 7 heteroatoms. The molecule has 0 aliphatic carbocycles. The van der Waals surface area contributed by atoms with Crippen molar-refractivity contribution in [2.45, 2.75) is 53.0 Å². The minimum Gasteiger partial charge on any atom is -0.341 e. The van der Waals surface area contributed by atoms with Gasteiger partial charge in [0, 0.05) is 13.0 Å². The normalized spacial score (nSPS) is 12.9. The SMILES string of the molecule is Cc1nc(C(C)C)sc1C(=O)NC(CC(C)C)c1ncnn1C. The summed E-state index contributed by atoms with van der Waals surface area (Å²) in [5.74, 6) is 1.45. The first kappa shape index (κ1) is 17.6. The molecular formula is C16H25N5OS. The van der Waals surface area contributed by atoms with Crippen LogP contribution < -0.4 is 5.32 Å². The Balaban J connectivity index is 2.22. The molecule has 2 aromatic heterocycles. The second-order valence-electron chi connectivity index (χ2n) is 6.52. The van der Waals surface area contributed by atoms with Crippen molar-refractivity contribution < 1.29 is 4.79 Å². The second-order valence-corrected chi connectivity index (χ2v) is 7.55. The van der Waals surface area contributed by atoms with E-state index >= 15 is 0 Å². The van der Waals surface area contributed by atoms with Crippen LogP contribution in [0.25, 0.3) is 0 Å². The molecule has 0 fully saturated rings. The maximum atomic E-state index is 12.7. The van der Waals surface area contributed by atoms with Gasteiger partial charge < -0.3 is 5.32 Å². The Morgan fingerprint density at radius 3 is 2.52 bits per heavy atom. The van der Waals surface area contributed by atoms with Gasteiger partial charge in [0.05, 0.1) is 16.7 Å². The fraction of sp³-hybridized carbons (Fsp3) is 0.625. The van der Waals surface area contributed by atoms with Crippen LogP contribution in [0, 0.1) is 12.8 Å². The summed E-state index contributed by atoms with van der Waals surface area (Å²) in [5.41, 5.74) is 0.789. The standard InChI is InChI=1S/C16H25N5OS/c1-9(2)7-12(14-17-8-18-21(14)6)20-15(22)13-11(5)19-16(23-13)10(3)4/h8-10,12H,7H2,1-6H3,(H,20,22). The van der Waals surface area contributed by atoms with Crippen molar-refractivity contribution in [3.8, 4) is 0 Å². The number of carbonyl (C=O) groups is 1. The van der Waals surface area contributed by atoms with Gasteiger partial charge in [0.2, 0.25) is 0 Å². The van der Waals surface area contributed by atoms with Gasteiger partial charge in [-0.1, -0.05) is 27.7 Å². The molecule has 1 amide bonds. The van der Waals surface area contributed by atoms with Gasteiger partial charge in [-0.3, -0.25) is 9.48 Å². The maximum absolute atomic E-state index is 12.7. The van der Waals surface area contributed by atoms with Crippen LogP contribution in [0.2, 0.25) is 0 Å². The maximum Gasteiger partial charge on any atom is 0.263 e. The molecule has 1 atom stereocenters. The first-order chi connectivity index (χ1) is 10.8. The summed E-state index contributed by atoms with van der Waals surface area (Å²) in [6, 6.07) is -0.154. The van der Waals surface area contributed by atoms with E-state index in [0.29, 0.717) is 16.7 Å². The number of aryl methyl sites for hydroxylation is 2. The highest BCUT2D eigenvalue weighted by Gasteiger charge is 2.24. The number of hydrogen-bond donors (Lipinski definition) is 1. The smallest absolute Gasteiger partial charge is 0.263 e. The van der Waals surface area contributed by atoms with E-state index in [9.17, 15) is 4.79 Å². The molecule has 0 aliphatic rings. The van der Waals surface area contributed by atoms with Crippen LogP contribution >= 0.6 is 11.3 Å². The van der Waals surface area contributed by atoms with Crippen LogP contribution in [0.5, 0.6) is 0 Å². The molecule has 0 spiro atoms. The van der Waals surface area contributed by atoms with Gasteiger partial charge in [-0.15, -0.1) is 11.3 Å². The van der Waals surface area contributed by atoms with Crippen LogP contribution in [0.1, 0.15) is 72.3 Å². The van der Waals surface area contributed by atoms with E-state index in [2.05, 4.69) is 48.1 Å². The third kappa shape index (κ3) is 4.16. The number of aromatic nitrogens is 4. The lowest BCUT2D eigenvalue weighted by atomic mass is 10.0. The summed E-state index contributed by atoms with van der Waals surface area (Å²) >= 11 is 1.47. The monoisotopic (exact) mass is 335 g/mol. The lowest BCUT2D eigenvalue weighted by Crippen LogP contribution is -2.31. The number of nitrogens with zero attached hydrogens (tertiary/aromatic N) is 4. The zero-order valence-electron chi connectivity index (χ0n) is 14.6. The number of rotatable bonds is 6. The van der Waals surface area contributed by atoms with Gasteiger partial charge in [-0.05, 0) is 19.3 Å². The summed E-state index contributed by atoms with van der Waals surface area (Å²) in [6.07, 6.45) is 2.33. The summed E-state index contributed by atoms with van der Waals surface area (Å²) in [4.78, 5) is 22.2. The van der Waals surface area contributed by atoms with Crippen LogP contribution in [-0.2, 0) is 7.05 Å². The molecule has 6 nitrogen and oxygen atoms in total. The second kappa shape index (κ2) is 7.21. The highest BCUT2D eigenvalue weighted by molar-refractivity contribution is 7.13. The van der Waals surface area contributed by atoms with Crippen molar-refractivity contribution in [1.82, 2.24) is 25.1 Å². The summed E-state index contributed by atoms with van der Waals surface area (Å²) in [6.45, 7) is 10.3. The Kier molecular flexibility index (Phi) is 5.51. The van der Waals surface area contributed by atoms with Gasteiger partial charge >= 0.3 is 0 Å². The van der Waals surface area contributed by atoms with Crippen LogP contribution in [0.15, 0.2) is 6.33 Å². The highest BCUT2D eigenvalue weighted by atomic mass is 32.1. The molecule has 1 N–H and O–H groups in total. The zero-order valence-corrected chi connectivity index (χ0v) is 15.4. The van der Waals surface area contributed by atoms with E-state index in [1.165, 1.54) is 17.7 Å². The lowest BCUT2D eigenvalue weighted by molar-refractivity contribution is 0.0932. The van der Waals surface area contributed by atoms with Crippen molar-refractivity contribution in [2.24, 2.45) is 13.0 Å². The molecular weight excluding hydrogens is 310 g/mol. The Hall–Kier alpha value is -1.76. The van der Waals surface area contributed by atoms with Gasteiger partial charge in [0.15, 0.2) is 0 Å². The molecule has 1 unspecified atom stereocenters. The van der Waals surface area contributed by atoms with E-state index < -0.39 is 0 Å². The fourth-order valence-electron chi connectivity index (χ4n) is 2.42. The third-order valence-corrected chi connectivity index (χ3v) is 5.04. The fourth-order valence-corrected chi connectivity index (χ4v) is 3.39. The van der Waals surface area contributed by atoms with Crippen LogP contribution in [-0.4, -0.2) is 25.7 Å². The third-order valence-electron chi connectivity index (χ3n) is 3.58. The quantitative estimate of drug-likeness (QED) is 0.879. The average Bonchev–Trinajstić information content (AvgIpc) is 3.03. The largest absolute Gasteiger partial charge is 0.341 e. The average molecular weight is 335 g/mol. The van der Waals surface area contributed by atoms with Crippen molar-refractivity contribution in [3.05, 3.63) is 27.7 Å². The van der Waals surface area contributed by atoms with Crippen molar-refractivity contribution >= 4 is 17.2 Å². The van der Waals surface area contributed by atoms with Crippen LogP contribution in [0.4, 0.5) is 0 Å². The minimum absolute atomic E-state index is 0.0828. The van der Waals surface area contributed by atoms with Gasteiger partial charge in [-0.25, -0.2) is 9.97 Å². The predicted molar refractivity (Wildman–Crippen MR) is 91.6 cm³/mol. The van der Waals surface area contributed by atoms with Crippen LogP contribution in [0.3, 0.4) is 0 Å². The molecule has 23 heavy (non-hydrogen) atoms. The van der Waals surface area contributed by atoms with Crippen molar-refractivity contribution in [3.63, 3.8) is 0 Å². The molecule has 0 aromatic carbocycles. The molecule has 0 radical (unpaired) electrons. The molecule has 0 saturated heterocycles. The molecule has 0 aliphatic heterocycles. The number of nitrogens with one attached hydrogen (secondary N) is 1. The Morgan fingerprint density at radius 1 is 1.35 bits per heavy atom. The van der Waals surface area contributed by atoms with Crippen molar-refractivity contribution in [1.29, 1.82) is 0 Å². The summed E-state index contributed by atoms with van der Waals surface area (Å²) in [7, 11) is 1.84. The summed E-state index contributed by atoms with van der Waals surface area (Å²) in [5, 5.41) is 8.22. The molecule has 2 heterocycles. The lowest BCUT2D eigenvalue weighted by Gasteiger charge is -2.19. The number of thiazole rings is 1. The van der Waals surface area contributed by atoms with Gasteiger partial charge in [0.1, 0.15) is 17.0 Å². The molecule has 0 bridgehead atoms. The van der Waals surface area contributed by atoms with E-state index in [1.807, 2.05) is 14.0 Å². The summed E-state index contributed by atoms with van der Waals surface area (Å²) < 4.78 is 1.71. The minimum atomic E-state index is -0.154. The van der Waals surface area contributed by atoms with E-state index in [1.54, 1.807) is 4.68 Å². The molecule has 126 valence electrons. The predicted octanol–water partition coefficient (Wildman–Crippen LogP) is 3.22. The Labute approximate surface area is 141 Å². The van der Waals surface area contributed by atoms with Gasteiger partial charge in [-0.2, -0.15) is 5.10 Å². The van der Waals surface area contributed by atoms with Crippen molar-refractivity contribution in [2.75, 3.05) is 0 Å². The van der Waals surface area contributed by atoms with E-state index in [4.69, 9.17) is 0 Å². The Bertz CT molecular complexity index is 674.